The van der Waals surface area contributed by atoms with Crippen LogP contribution in [0.2, 0.25) is 0 Å². The summed E-state index contributed by atoms with van der Waals surface area (Å²) < 4.78 is 56.8. The predicted molar refractivity (Wildman–Crippen MR) is 101 cm³/mol. The van der Waals surface area contributed by atoms with Crippen LogP contribution in [-0.4, -0.2) is 41.6 Å². The summed E-state index contributed by atoms with van der Waals surface area (Å²) >= 11 is 0. The first-order valence-electron chi connectivity index (χ1n) is 8.02. The molecule has 1 N–H and O–H groups in total. The molecule has 148 valence electrons. The minimum absolute atomic E-state index is 0.0377. The average Bonchev–Trinajstić information content (AvgIpc) is 2.94. The van der Waals surface area contributed by atoms with Crippen molar-refractivity contribution in [2.24, 2.45) is 0 Å². The van der Waals surface area contributed by atoms with E-state index in [4.69, 9.17) is 0 Å². The Labute approximate surface area is 162 Å². The van der Waals surface area contributed by atoms with Crippen LogP contribution in [0.5, 0.6) is 0 Å². The molecular formula is C17H16N2O7S2. The molecule has 1 fully saturated rings. The van der Waals surface area contributed by atoms with E-state index >= 15 is 0 Å². The summed E-state index contributed by atoms with van der Waals surface area (Å²) in [5.74, 6) is -1.55. The molecule has 9 nitrogen and oxygen atoms in total. The number of hydrogen-bond donors (Lipinski definition) is 1. The molecule has 0 saturated carbocycles. The number of benzene rings is 2. The van der Waals surface area contributed by atoms with Crippen molar-refractivity contribution in [3.63, 3.8) is 0 Å². The number of ether oxygens (including phenoxy) is 1. The van der Waals surface area contributed by atoms with E-state index in [9.17, 15) is 26.4 Å². The SMILES string of the molecule is COC(=O)c1ccccc1NS(=O)(=O)c1ccc(N2C(=O)CCS2(=O)=O)cc1. The van der Waals surface area contributed by atoms with Gasteiger partial charge in [-0.2, -0.15) is 0 Å². The Hall–Kier alpha value is -2.92. The maximum absolute atomic E-state index is 12.6. The Kier molecular flexibility index (Phi) is 5.13. The second-order valence-electron chi connectivity index (χ2n) is 5.86. The molecule has 11 heteroatoms. The molecule has 0 bridgehead atoms. The molecule has 0 aliphatic carbocycles. The fourth-order valence-electron chi connectivity index (χ4n) is 2.69. The lowest BCUT2D eigenvalue weighted by Gasteiger charge is -2.16. The van der Waals surface area contributed by atoms with Crippen molar-refractivity contribution in [3.05, 3.63) is 54.1 Å². The van der Waals surface area contributed by atoms with Crippen molar-refractivity contribution < 1.29 is 31.2 Å². The molecule has 28 heavy (non-hydrogen) atoms. The molecular weight excluding hydrogens is 408 g/mol. The molecule has 1 saturated heterocycles. The molecule has 0 radical (unpaired) electrons. The fraction of sp³-hybridized carbons (Fsp3) is 0.176. The van der Waals surface area contributed by atoms with Crippen molar-refractivity contribution in [2.45, 2.75) is 11.3 Å². The number of esters is 1. The number of nitrogens with one attached hydrogen (secondary N) is 1. The summed E-state index contributed by atoms with van der Waals surface area (Å²) in [6.07, 6.45) is -0.117. The summed E-state index contributed by atoms with van der Waals surface area (Å²) in [7, 11) is -6.63. The van der Waals surface area contributed by atoms with Gasteiger partial charge in [0.2, 0.25) is 15.9 Å². The van der Waals surface area contributed by atoms with Gasteiger partial charge in [0.1, 0.15) is 0 Å². The smallest absolute Gasteiger partial charge is 0.339 e. The van der Waals surface area contributed by atoms with Gasteiger partial charge in [0.05, 0.1) is 34.7 Å². The van der Waals surface area contributed by atoms with Gasteiger partial charge in [-0.05, 0) is 36.4 Å². The van der Waals surface area contributed by atoms with E-state index in [2.05, 4.69) is 9.46 Å². The molecule has 2 aromatic carbocycles. The van der Waals surface area contributed by atoms with Crippen LogP contribution in [0.25, 0.3) is 0 Å². The van der Waals surface area contributed by atoms with Crippen molar-refractivity contribution in [1.29, 1.82) is 0 Å². The topological polar surface area (TPSA) is 127 Å². The second kappa shape index (κ2) is 7.24. The highest BCUT2D eigenvalue weighted by atomic mass is 32.2. The van der Waals surface area contributed by atoms with Gasteiger partial charge in [-0.15, -0.1) is 0 Å². The third kappa shape index (κ3) is 3.71. The number of carbonyl (C=O) groups is 2. The van der Waals surface area contributed by atoms with Crippen molar-refractivity contribution in [3.8, 4) is 0 Å². The second-order valence-corrected chi connectivity index (χ2v) is 9.48. The van der Waals surface area contributed by atoms with Crippen molar-refractivity contribution in [1.82, 2.24) is 0 Å². The molecule has 0 aromatic heterocycles. The lowest BCUT2D eigenvalue weighted by atomic mass is 10.2. The van der Waals surface area contributed by atoms with Crippen molar-refractivity contribution in [2.75, 3.05) is 21.9 Å². The Balaban J connectivity index is 1.90. The number of methoxy groups -OCH3 is 1. The third-order valence-corrected chi connectivity index (χ3v) is 7.11. The molecule has 1 amide bonds. The molecule has 1 aliphatic heterocycles. The Morgan fingerprint density at radius 3 is 2.32 bits per heavy atom. The summed E-state index contributed by atoms with van der Waals surface area (Å²) in [5.41, 5.74) is 0.145. The standard InChI is InChI=1S/C17H16N2O7S2/c1-26-17(21)14-4-2-3-5-15(14)18-28(24,25)13-8-6-12(7-9-13)19-16(20)10-11-27(19,22)23/h2-9,18H,10-11H2,1H3. The number of anilines is 2. The summed E-state index contributed by atoms with van der Waals surface area (Å²) in [5, 5.41) is 0. The Bertz CT molecular complexity index is 1140. The minimum atomic E-state index is -4.07. The van der Waals surface area contributed by atoms with E-state index in [0.717, 1.165) is 0 Å². The number of para-hydroxylation sites is 1. The van der Waals surface area contributed by atoms with Gasteiger partial charge < -0.3 is 4.74 Å². The number of nitrogens with zero attached hydrogens (tertiary/aromatic N) is 1. The van der Waals surface area contributed by atoms with Crippen LogP contribution in [0.3, 0.4) is 0 Å². The number of hydrogen-bond acceptors (Lipinski definition) is 7. The summed E-state index contributed by atoms with van der Waals surface area (Å²) in [4.78, 5) is 23.4. The molecule has 1 heterocycles. The summed E-state index contributed by atoms with van der Waals surface area (Å²) in [6, 6.07) is 10.8. The number of rotatable bonds is 5. The van der Waals surface area contributed by atoms with Gasteiger partial charge in [-0.3, -0.25) is 9.52 Å². The van der Waals surface area contributed by atoms with Gasteiger partial charge in [0.25, 0.3) is 10.0 Å². The van der Waals surface area contributed by atoms with Gasteiger partial charge >= 0.3 is 5.97 Å². The largest absolute Gasteiger partial charge is 0.465 e. The number of sulfonamides is 2. The predicted octanol–water partition coefficient (Wildman–Crippen LogP) is 1.34. The van der Waals surface area contributed by atoms with Crippen molar-refractivity contribution >= 4 is 43.3 Å². The zero-order valence-corrected chi connectivity index (χ0v) is 16.3. The maximum atomic E-state index is 12.6. The number of amides is 1. The van der Waals surface area contributed by atoms with Crippen LogP contribution < -0.4 is 9.03 Å². The van der Waals surface area contributed by atoms with Crippen LogP contribution in [0.1, 0.15) is 16.8 Å². The van der Waals surface area contributed by atoms with Crippen LogP contribution in [0.15, 0.2) is 53.4 Å². The Morgan fingerprint density at radius 1 is 1.11 bits per heavy atom. The molecule has 0 atom stereocenters. The van der Waals surface area contributed by atoms with Crippen LogP contribution in [0, 0.1) is 0 Å². The van der Waals surface area contributed by atoms with E-state index in [1.807, 2.05) is 0 Å². The lowest BCUT2D eigenvalue weighted by molar-refractivity contribution is -0.116. The molecule has 1 aliphatic rings. The maximum Gasteiger partial charge on any atom is 0.339 e. The van der Waals surface area contributed by atoms with Crippen LogP contribution in [-0.2, 0) is 29.6 Å². The monoisotopic (exact) mass is 424 g/mol. The van der Waals surface area contributed by atoms with E-state index in [-0.39, 0.29) is 34.0 Å². The molecule has 0 unspecified atom stereocenters. The van der Waals surface area contributed by atoms with Gasteiger partial charge in [-0.1, -0.05) is 12.1 Å². The number of carbonyl (C=O) groups excluding carboxylic acids is 2. The van der Waals surface area contributed by atoms with E-state index in [1.54, 1.807) is 12.1 Å². The van der Waals surface area contributed by atoms with Gasteiger partial charge in [0, 0.05) is 6.42 Å². The van der Waals surface area contributed by atoms with E-state index in [0.29, 0.717) is 4.31 Å². The fourth-order valence-corrected chi connectivity index (χ4v) is 5.23. The molecule has 3 rings (SSSR count). The average molecular weight is 424 g/mol. The highest BCUT2D eigenvalue weighted by molar-refractivity contribution is 7.94. The lowest BCUT2D eigenvalue weighted by Crippen LogP contribution is -2.29. The summed E-state index contributed by atoms with van der Waals surface area (Å²) in [6.45, 7) is 0. The quantitative estimate of drug-likeness (QED) is 0.718. The first-order chi connectivity index (χ1) is 13.2. The third-order valence-electron chi connectivity index (χ3n) is 4.04. The Morgan fingerprint density at radius 2 is 1.75 bits per heavy atom. The minimum Gasteiger partial charge on any atom is -0.465 e. The van der Waals surface area contributed by atoms with Gasteiger partial charge in [-0.25, -0.2) is 25.9 Å². The normalized spacial score (nSPS) is 16.0. The van der Waals surface area contributed by atoms with E-state index < -0.39 is 31.9 Å². The van der Waals surface area contributed by atoms with Gasteiger partial charge in [0.15, 0.2) is 0 Å². The first-order valence-corrected chi connectivity index (χ1v) is 11.1. The molecule has 0 spiro atoms. The zero-order chi connectivity index (χ0) is 20.5. The highest BCUT2D eigenvalue weighted by Gasteiger charge is 2.36. The molecule has 2 aromatic rings. The first kappa shape index (κ1) is 19.8. The zero-order valence-electron chi connectivity index (χ0n) is 14.7. The van der Waals surface area contributed by atoms with Crippen LogP contribution >= 0.6 is 0 Å². The highest BCUT2D eigenvalue weighted by Crippen LogP contribution is 2.27. The van der Waals surface area contributed by atoms with Crippen LogP contribution in [0.4, 0.5) is 11.4 Å². The van der Waals surface area contributed by atoms with E-state index in [1.165, 1.54) is 43.5 Å².